The van der Waals surface area contributed by atoms with E-state index in [9.17, 15) is 14.9 Å². The summed E-state index contributed by atoms with van der Waals surface area (Å²) in [7, 11) is 0. The van der Waals surface area contributed by atoms with Gasteiger partial charge in [-0.2, -0.15) is 5.26 Å². The lowest BCUT2D eigenvalue weighted by molar-refractivity contribution is -0.116. The van der Waals surface area contributed by atoms with Crippen LogP contribution >= 0.6 is 11.3 Å². The Kier molecular flexibility index (Phi) is 7.00. The van der Waals surface area contributed by atoms with Crippen molar-refractivity contribution in [3.63, 3.8) is 0 Å². The molecule has 10 heteroatoms. The minimum Gasteiger partial charge on any atom is -0.448 e. The molecule has 33 heavy (non-hydrogen) atoms. The first-order valence-corrected chi connectivity index (χ1v) is 11.5. The maximum Gasteiger partial charge on any atom is 0.410 e. The average molecular weight is 465 g/mol. The van der Waals surface area contributed by atoms with Crippen LogP contribution in [0.2, 0.25) is 0 Å². The number of aryl methyl sites for hydroxylation is 2. The minimum absolute atomic E-state index is 0.165. The molecule has 2 amide bonds. The molecule has 3 aromatic heterocycles. The normalized spacial score (nSPS) is 12.7. The number of aromatic nitrogens is 3. The van der Waals surface area contributed by atoms with Crippen LogP contribution in [0.3, 0.4) is 0 Å². The molecule has 1 aliphatic rings. The molecule has 0 saturated heterocycles. The summed E-state index contributed by atoms with van der Waals surface area (Å²) in [5.74, 6) is -0.165. The summed E-state index contributed by atoms with van der Waals surface area (Å²) < 4.78 is 7.29. The fraction of sp³-hybridized carbons (Fsp3) is 0.348. The lowest BCUT2D eigenvalue weighted by Crippen LogP contribution is -2.36. The highest BCUT2D eigenvalue weighted by molar-refractivity contribution is 7.16. The fourth-order valence-electron chi connectivity index (χ4n) is 3.67. The number of nitriles is 1. The second kappa shape index (κ2) is 10.3. The van der Waals surface area contributed by atoms with E-state index in [2.05, 4.69) is 21.4 Å². The number of nitrogens with one attached hydrogen (secondary N) is 1. The molecule has 0 spiro atoms. The van der Waals surface area contributed by atoms with E-state index in [1.54, 1.807) is 17.4 Å². The molecule has 0 atom stereocenters. The molecule has 0 aromatic carbocycles. The van der Waals surface area contributed by atoms with Crippen LogP contribution in [0.4, 0.5) is 9.80 Å². The number of ether oxygens (including phenoxy) is 1. The highest BCUT2D eigenvalue weighted by Gasteiger charge is 2.28. The van der Waals surface area contributed by atoms with E-state index in [-0.39, 0.29) is 25.0 Å². The van der Waals surface area contributed by atoms with Gasteiger partial charge in [0.25, 0.3) is 0 Å². The summed E-state index contributed by atoms with van der Waals surface area (Å²) in [6, 6.07) is 7.82. The zero-order chi connectivity index (χ0) is 23.2. The summed E-state index contributed by atoms with van der Waals surface area (Å²) >= 11 is 1.35. The molecule has 0 aliphatic carbocycles. The number of imidazole rings is 1. The van der Waals surface area contributed by atoms with Crippen molar-refractivity contribution in [1.82, 2.24) is 19.4 Å². The number of pyridine rings is 1. The van der Waals surface area contributed by atoms with E-state index in [1.807, 2.05) is 35.9 Å². The van der Waals surface area contributed by atoms with Gasteiger partial charge in [-0.15, -0.1) is 11.3 Å². The van der Waals surface area contributed by atoms with E-state index in [0.29, 0.717) is 43.0 Å². The smallest absolute Gasteiger partial charge is 0.410 e. The number of thiophene rings is 1. The van der Waals surface area contributed by atoms with Crippen molar-refractivity contribution in [2.75, 3.05) is 18.5 Å². The third-order valence-corrected chi connectivity index (χ3v) is 6.48. The number of amides is 2. The van der Waals surface area contributed by atoms with E-state index in [4.69, 9.17) is 4.74 Å². The van der Waals surface area contributed by atoms with Crippen LogP contribution in [-0.4, -0.2) is 44.6 Å². The Morgan fingerprint density at radius 1 is 1.33 bits per heavy atom. The van der Waals surface area contributed by atoms with Crippen LogP contribution in [0.5, 0.6) is 0 Å². The number of hydrogen-bond donors (Lipinski definition) is 1. The number of hydrogen-bond acceptors (Lipinski definition) is 7. The quantitative estimate of drug-likeness (QED) is 0.574. The molecule has 0 saturated carbocycles. The number of carbonyl (C=O) groups is 2. The summed E-state index contributed by atoms with van der Waals surface area (Å²) in [4.78, 5) is 35.9. The number of anilines is 1. The average Bonchev–Trinajstić information content (AvgIpc) is 3.39. The Morgan fingerprint density at radius 2 is 2.21 bits per heavy atom. The molecular formula is C23H24N6O3S. The molecular weight excluding hydrogens is 440 g/mol. The van der Waals surface area contributed by atoms with Crippen LogP contribution in [0, 0.1) is 18.3 Å². The monoisotopic (exact) mass is 464 g/mol. The van der Waals surface area contributed by atoms with Crippen molar-refractivity contribution in [2.45, 2.75) is 39.3 Å². The zero-order valence-corrected chi connectivity index (χ0v) is 19.1. The molecule has 170 valence electrons. The second-order valence-corrected chi connectivity index (χ2v) is 8.83. The predicted molar refractivity (Wildman–Crippen MR) is 123 cm³/mol. The van der Waals surface area contributed by atoms with Crippen molar-refractivity contribution in [3.8, 4) is 6.07 Å². The Hall–Kier alpha value is -3.71. The number of carbonyl (C=O) groups excluding carboxylic acids is 2. The van der Waals surface area contributed by atoms with E-state index < -0.39 is 0 Å². The van der Waals surface area contributed by atoms with E-state index >= 15 is 0 Å². The number of rotatable bonds is 7. The van der Waals surface area contributed by atoms with Gasteiger partial charge >= 0.3 is 6.09 Å². The molecule has 4 heterocycles. The van der Waals surface area contributed by atoms with Gasteiger partial charge in [0.15, 0.2) is 0 Å². The van der Waals surface area contributed by atoms with Gasteiger partial charge in [-0.25, -0.2) is 9.78 Å². The third-order valence-electron chi connectivity index (χ3n) is 5.35. The lowest BCUT2D eigenvalue weighted by atomic mass is 10.0. The second-order valence-electron chi connectivity index (χ2n) is 7.73. The summed E-state index contributed by atoms with van der Waals surface area (Å²) in [5.41, 5.74) is 3.15. The van der Waals surface area contributed by atoms with Crippen molar-refractivity contribution in [1.29, 1.82) is 5.26 Å². The van der Waals surface area contributed by atoms with Crippen molar-refractivity contribution in [3.05, 3.63) is 64.3 Å². The third kappa shape index (κ3) is 5.56. The van der Waals surface area contributed by atoms with Crippen LogP contribution in [0.15, 0.2) is 36.9 Å². The number of fused-ring (bicyclic) bond motifs is 1. The molecule has 0 unspecified atom stereocenters. The Labute approximate surface area is 195 Å². The molecule has 0 bridgehead atoms. The molecule has 1 aliphatic heterocycles. The van der Waals surface area contributed by atoms with Crippen LogP contribution in [-0.2, 0) is 35.5 Å². The van der Waals surface area contributed by atoms with Gasteiger partial charge in [-0.3, -0.25) is 9.78 Å². The van der Waals surface area contributed by atoms with Crippen molar-refractivity contribution >= 4 is 28.3 Å². The van der Waals surface area contributed by atoms with Gasteiger partial charge in [0, 0.05) is 35.9 Å². The largest absolute Gasteiger partial charge is 0.448 e. The summed E-state index contributed by atoms with van der Waals surface area (Å²) in [6.45, 7) is 3.53. The summed E-state index contributed by atoms with van der Waals surface area (Å²) in [6.07, 6.45) is 6.26. The van der Waals surface area contributed by atoms with Crippen LogP contribution in [0.25, 0.3) is 0 Å². The molecule has 0 radical (unpaired) electrons. The van der Waals surface area contributed by atoms with Crippen molar-refractivity contribution < 1.29 is 14.3 Å². The first-order chi connectivity index (χ1) is 16.0. The van der Waals surface area contributed by atoms with Gasteiger partial charge in [0.1, 0.15) is 17.7 Å². The number of nitrogens with zero attached hydrogens (tertiary/aromatic N) is 5. The minimum atomic E-state index is -0.384. The van der Waals surface area contributed by atoms with E-state index in [0.717, 1.165) is 21.8 Å². The molecule has 3 aromatic rings. The topological polar surface area (TPSA) is 113 Å². The SMILES string of the molecule is Cc1cn(CCOC(=O)N2CCc3c(sc(NC(=O)CCc4ccccn4)c3C#N)C2)cn1. The van der Waals surface area contributed by atoms with Gasteiger partial charge in [-0.1, -0.05) is 6.07 Å². The zero-order valence-electron chi connectivity index (χ0n) is 18.3. The van der Waals surface area contributed by atoms with Gasteiger partial charge in [0.2, 0.25) is 5.91 Å². The Balaban J connectivity index is 1.33. The summed E-state index contributed by atoms with van der Waals surface area (Å²) in [5, 5.41) is 13.1. The maximum atomic E-state index is 12.5. The van der Waals surface area contributed by atoms with Gasteiger partial charge < -0.3 is 19.5 Å². The Bertz CT molecular complexity index is 1180. The first-order valence-electron chi connectivity index (χ1n) is 10.7. The highest BCUT2D eigenvalue weighted by Crippen LogP contribution is 2.36. The highest BCUT2D eigenvalue weighted by atomic mass is 32.1. The maximum absolute atomic E-state index is 12.5. The Morgan fingerprint density at radius 3 is 2.94 bits per heavy atom. The van der Waals surface area contributed by atoms with Gasteiger partial charge in [0.05, 0.1) is 30.7 Å². The first kappa shape index (κ1) is 22.5. The van der Waals surface area contributed by atoms with Crippen molar-refractivity contribution in [2.24, 2.45) is 0 Å². The molecule has 0 fully saturated rings. The standard InChI is InChI=1S/C23H24N6O3S/c1-16-13-28(15-26-16)10-11-32-23(31)29-9-7-18-19(12-24)22(33-20(18)14-29)27-21(30)6-5-17-4-2-3-8-25-17/h2-4,8,13,15H,5-7,9-11,14H2,1H3,(H,27,30). The van der Waals surface area contributed by atoms with Gasteiger partial charge in [-0.05, 0) is 37.5 Å². The predicted octanol–water partition coefficient (Wildman–Crippen LogP) is 3.29. The van der Waals surface area contributed by atoms with Crippen LogP contribution < -0.4 is 5.32 Å². The molecule has 1 N–H and O–H groups in total. The fourth-order valence-corrected chi connectivity index (χ4v) is 4.90. The van der Waals surface area contributed by atoms with E-state index in [1.165, 1.54) is 11.3 Å². The molecule has 4 rings (SSSR count). The lowest BCUT2D eigenvalue weighted by Gasteiger charge is -2.26. The molecule has 9 nitrogen and oxygen atoms in total. The van der Waals surface area contributed by atoms with Crippen LogP contribution in [0.1, 0.15) is 33.8 Å².